The van der Waals surface area contributed by atoms with Crippen LogP contribution in [0.5, 0.6) is 5.75 Å². The van der Waals surface area contributed by atoms with Crippen LogP contribution in [0.2, 0.25) is 0 Å². The Labute approximate surface area is 116 Å². The van der Waals surface area contributed by atoms with Gasteiger partial charge in [-0.1, -0.05) is 18.2 Å². The molecule has 110 valence electrons. The largest absolute Gasteiger partial charge is 0.481 e. The van der Waals surface area contributed by atoms with Crippen LogP contribution in [0.15, 0.2) is 24.3 Å². The summed E-state index contributed by atoms with van der Waals surface area (Å²) in [5.41, 5.74) is 0.657. The minimum atomic E-state index is -2.86. The molecule has 0 amide bonds. The fraction of sp³-hybridized carbons (Fsp3) is 0.500. The molecule has 1 fully saturated rings. The van der Waals surface area contributed by atoms with Gasteiger partial charge >= 0.3 is 12.6 Å². The molecule has 0 spiro atoms. The van der Waals surface area contributed by atoms with Crippen LogP contribution in [0.3, 0.4) is 0 Å². The van der Waals surface area contributed by atoms with Gasteiger partial charge < -0.3 is 9.84 Å². The molecule has 20 heavy (non-hydrogen) atoms. The molecule has 2 rings (SSSR count). The number of para-hydroxylation sites is 1. The maximum absolute atomic E-state index is 12.3. The molecular formula is C14H17F2NO3. The predicted molar refractivity (Wildman–Crippen MR) is 68.8 cm³/mol. The van der Waals surface area contributed by atoms with E-state index >= 15 is 0 Å². The van der Waals surface area contributed by atoms with Crippen molar-refractivity contribution in [2.24, 2.45) is 0 Å². The van der Waals surface area contributed by atoms with Crippen LogP contribution in [-0.2, 0) is 11.3 Å². The Morgan fingerprint density at radius 3 is 2.90 bits per heavy atom. The zero-order chi connectivity index (χ0) is 14.5. The maximum atomic E-state index is 12.3. The monoisotopic (exact) mass is 285 g/mol. The highest BCUT2D eigenvalue weighted by Crippen LogP contribution is 2.27. The van der Waals surface area contributed by atoms with E-state index in [0.29, 0.717) is 12.1 Å². The first-order valence-corrected chi connectivity index (χ1v) is 6.55. The molecule has 0 bridgehead atoms. The number of benzene rings is 1. The van der Waals surface area contributed by atoms with Gasteiger partial charge in [-0.2, -0.15) is 8.78 Å². The quantitative estimate of drug-likeness (QED) is 0.873. The van der Waals surface area contributed by atoms with Crippen molar-refractivity contribution >= 4 is 5.97 Å². The molecule has 1 aromatic carbocycles. The molecule has 0 aromatic heterocycles. The van der Waals surface area contributed by atoms with Crippen molar-refractivity contribution in [2.45, 2.75) is 38.5 Å². The molecule has 1 aliphatic heterocycles. The number of carbonyl (C=O) groups is 1. The van der Waals surface area contributed by atoms with E-state index in [9.17, 15) is 13.6 Å². The number of hydrogen-bond donors (Lipinski definition) is 1. The van der Waals surface area contributed by atoms with Crippen molar-refractivity contribution in [3.63, 3.8) is 0 Å². The number of nitrogens with zero attached hydrogens (tertiary/aromatic N) is 1. The van der Waals surface area contributed by atoms with Crippen molar-refractivity contribution in [3.8, 4) is 5.75 Å². The van der Waals surface area contributed by atoms with E-state index in [0.717, 1.165) is 19.4 Å². The third-order valence-corrected chi connectivity index (χ3v) is 3.47. The van der Waals surface area contributed by atoms with Gasteiger partial charge in [0.1, 0.15) is 5.75 Å². The van der Waals surface area contributed by atoms with Crippen LogP contribution in [0.25, 0.3) is 0 Å². The Balaban J connectivity index is 2.07. The van der Waals surface area contributed by atoms with E-state index in [2.05, 4.69) is 4.74 Å². The van der Waals surface area contributed by atoms with E-state index < -0.39 is 12.6 Å². The third kappa shape index (κ3) is 3.90. The average molecular weight is 285 g/mol. The Hall–Kier alpha value is -1.69. The lowest BCUT2D eigenvalue weighted by Gasteiger charge is -2.24. The van der Waals surface area contributed by atoms with Crippen LogP contribution >= 0.6 is 0 Å². The van der Waals surface area contributed by atoms with E-state index in [1.807, 2.05) is 4.90 Å². The summed E-state index contributed by atoms with van der Waals surface area (Å²) in [5.74, 6) is -0.678. The summed E-state index contributed by atoms with van der Waals surface area (Å²) >= 11 is 0. The van der Waals surface area contributed by atoms with Gasteiger partial charge in [0.05, 0.1) is 6.42 Å². The molecule has 4 nitrogen and oxygen atoms in total. The SMILES string of the molecule is O=C(O)CC1CCCN1Cc1ccccc1OC(F)F. The van der Waals surface area contributed by atoms with Crippen molar-refractivity contribution in [2.75, 3.05) is 6.54 Å². The lowest BCUT2D eigenvalue weighted by atomic mass is 10.1. The second-order valence-corrected chi connectivity index (χ2v) is 4.85. The van der Waals surface area contributed by atoms with Crippen molar-refractivity contribution in [1.82, 2.24) is 4.90 Å². The zero-order valence-corrected chi connectivity index (χ0v) is 11.0. The van der Waals surface area contributed by atoms with Gasteiger partial charge in [-0.25, -0.2) is 0 Å². The van der Waals surface area contributed by atoms with Crippen LogP contribution in [0.1, 0.15) is 24.8 Å². The van der Waals surface area contributed by atoms with Crippen LogP contribution in [0.4, 0.5) is 8.78 Å². The van der Waals surface area contributed by atoms with Crippen molar-refractivity contribution in [3.05, 3.63) is 29.8 Å². The third-order valence-electron chi connectivity index (χ3n) is 3.47. The molecule has 1 unspecified atom stereocenters. The van der Waals surface area contributed by atoms with Gasteiger partial charge in [0, 0.05) is 18.2 Å². The van der Waals surface area contributed by atoms with Gasteiger partial charge in [0.15, 0.2) is 0 Å². The number of ether oxygens (including phenoxy) is 1. The van der Waals surface area contributed by atoms with E-state index in [1.165, 1.54) is 6.07 Å². The van der Waals surface area contributed by atoms with Crippen molar-refractivity contribution in [1.29, 1.82) is 0 Å². The van der Waals surface area contributed by atoms with Gasteiger partial charge in [-0.3, -0.25) is 9.69 Å². The Bertz CT molecular complexity index is 467. The number of rotatable bonds is 6. The van der Waals surface area contributed by atoms with Crippen molar-refractivity contribution < 1.29 is 23.4 Å². The first-order valence-electron chi connectivity index (χ1n) is 6.55. The second kappa shape index (κ2) is 6.65. The molecule has 1 aromatic rings. The molecule has 1 aliphatic rings. The normalized spacial score (nSPS) is 19.4. The average Bonchev–Trinajstić information content (AvgIpc) is 2.78. The first-order chi connectivity index (χ1) is 9.56. The highest BCUT2D eigenvalue weighted by molar-refractivity contribution is 5.67. The zero-order valence-electron chi connectivity index (χ0n) is 11.0. The number of likely N-dealkylation sites (tertiary alicyclic amines) is 1. The second-order valence-electron chi connectivity index (χ2n) is 4.85. The topological polar surface area (TPSA) is 49.8 Å². The lowest BCUT2D eigenvalue weighted by Crippen LogP contribution is -2.31. The van der Waals surface area contributed by atoms with E-state index in [1.54, 1.807) is 18.2 Å². The maximum Gasteiger partial charge on any atom is 0.387 e. The molecule has 0 aliphatic carbocycles. The van der Waals surface area contributed by atoms with Crippen LogP contribution < -0.4 is 4.74 Å². The van der Waals surface area contributed by atoms with Crippen LogP contribution in [0, 0.1) is 0 Å². The summed E-state index contributed by atoms with van der Waals surface area (Å²) < 4.78 is 29.2. The van der Waals surface area contributed by atoms with Gasteiger partial charge in [-0.15, -0.1) is 0 Å². The fourth-order valence-electron chi connectivity index (χ4n) is 2.60. The minimum absolute atomic E-state index is 0.0351. The van der Waals surface area contributed by atoms with Crippen LogP contribution in [-0.4, -0.2) is 35.2 Å². The summed E-state index contributed by atoms with van der Waals surface area (Å²) in [5, 5.41) is 8.88. The summed E-state index contributed by atoms with van der Waals surface area (Å²) in [6.07, 6.45) is 1.83. The van der Waals surface area contributed by atoms with Gasteiger partial charge in [0.2, 0.25) is 0 Å². The Morgan fingerprint density at radius 2 is 2.20 bits per heavy atom. The molecule has 1 atom stereocenters. The first kappa shape index (κ1) is 14.7. The fourth-order valence-corrected chi connectivity index (χ4v) is 2.60. The number of halogens is 2. The summed E-state index contributed by atoms with van der Waals surface area (Å²) in [4.78, 5) is 12.8. The molecular weight excluding hydrogens is 268 g/mol. The Morgan fingerprint density at radius 1 is 1.45 bits per heavy atom. The molecule has 1 saturated heterocycles. The molecule has 1 heterocycles. The highest BCUT2D eigenvalue weighted by Gasteiger charge is 2.27. The lowest BCUT2D eigenvalue weighted by molar-refractivity contribution is -0.138. The highest BCUT2D eigenvalue weighted by atomic mass is 19.3. The number of alkyl halides is 2. The van der Waals surface area contributed by atoms with E-state index in [-0.39, 0.29) is 18.2 Å². The number of hydrogen-bond acceptors (Lipinski definition) is 3. The summed E-state index contributed by atoms with van der Waals surface area (Å²) in [7, 11) is 0. The summed E-state index contributed by atoms with van der Waals surface area (Å²) in [6, 6.07) is 6.60. The number of carboxylic acid groups (broad SMARTS) is 1. The molecule has 1 N–H and O–H groups in total. The number of carboxylic acids is 1. The van der Waals surface area contributed by atoms with Gasteiger partial charge in [-0.05, 0) is 25.5 Å². The van der Waals surface area contributed by atoms with E-state index in [4.69, 9.17) is 5.11 Å². The van der Waals surface area contributed by atoms with Gasteiger partial charge in [0.25, 0.3) is 0 Å². The minimum Gasteiger partial charge on any atom is -0.481 e. The summed E-state index contributed by atoms with van der Waals surface area (Å²) in [6.45, 7) is -1.65. The number of aliphatic carboxylic acids is 1. The molecule has 6 heteroatoms. The predicted octanol–water partition coefficient (Wildman–Crippen LogP) is 2.73. The molecule has 0 radical (unpaired) electrons. The smallest absolute Gasteiger partial charge is 0.387 e. The molecule has 0 saturated carbocycles. The standard InChI is InChI=1S/C14H17F2NO3/c15-14(16)20-12-6-2-1-4-10(12)9-17-7-3-5-11(17)8-13(18)19/h1-2,4,6,11,14H,3,5,7-9H2,(H,18,19). The Kier molecular flexibility index (Phi) is 4.89.